The van der Waals surface area contributed by atoms with E-state index in [4.69, 9.17) is 0 Å². The highest BCUT2D eigenvalue weighted by Gasteiger charge is 2.29. The maximum Gasteiger partial charge on any atom is 0.242 e. The summed E-state index contributed by atoms with van der Waals surface area (Å²) in [5.74, 6) is -0.190. The zero-order valence-electron chi connectivity index (χ0n) is 24.1. The van der Waals surface area contributed by atoms with Crippen molar-refractivity contribution in [3.05, 3.63) is 54.2 Å². The quantitative estimate of drug-likeness (QED) is 0.327. The third-order valence-electron chi connectivity index (χ3n) is 7.45. The number of benzene rings is 1. The van der Waals surface area contributed by atoms with Crippen molar-refractivity contribution in [2.75, 3.05) is 13.1 Å². The average molecular weight is 549 g/mol. The Balaban J connectivity index is 1.43. The summed E-state index contributed by atoms with van der Waals surface area (Å²) in [6.45, 7) is 5.79. The standard InChI is InChI=1S/C32H44N4O4/c1-4-8-23-12-14-25(15-13-23)31(39)36-29(17-22(2)3)32(40)35-21-27(37)20-34-30(38)19-24-9-7-10-26(18-24)28-11-5-6-16-33-28/h5-7,9-11,16,18,22-23,25,29H,4,8,12-15,17,19-21H2,1-3H3,(H,34,38)(H,35,40)(H,36,39)/t23?,25?,29-/m0/s1. The van der Waals surface area contributed by atoms with Crippen LogP contribution in [0.5, 0.6) is 0 Å². The van der Waals surface area contributed by atoms with Crippen LogP contribution in [0.15, 0.2) is 48.7 Å². The van der Waals surface area contributed by atoms with Gasteiger partial charge >= 0.3 is 0 Å². The molecule has 0 spiro atoms. The molecule has 0 radical (unpaired) electrons. The number of hydrogen-bond acceptors (Lipinski definition) is 5. The van der Waals surface area contributed by atoms with Crippen LogP contribution in [0.1, 0.15) is 71.3 Å². The number of Topliss-reactive ketones (excluding diaryl/α,β-unsaturated/α-hetero) is 1. The molecule has 3 rings (SSSR count). The van der Waals surface area contributed by atoms with Crippen LogP contribution in [-0.4, -0.2) is 47.6 Å². The highest BCUT2D eigenvalue weighted by Crippen LogP contribution is 2.31. The normalized spacial score (nSPS) is 17.6. The molecule has 1 aromatic heterocycles. The molecule has 1 aliphatic rings. The van der Waals surface area contributed by atoms with Gasteiger partial charge < -0.3 is 16.0 Å². The van der Waals surface area contributed by atoms with Gasteiger partial charge in [-0.25, -0.2) is 0 Å². The molecule has 40 heavy (non-hydrogen) atoms. The van der Waals surface area contributed by atoms with Crippen LogP contribution in [0.4, 0.5) is 0 Å². The fourth-order valence-electron chi connectivity index (χ4n) is 5.30. The van der Waals surface area contributed by atoms with Crippen molar-refractivity contribution in [3.63, 3.8) is 0 Å². The summed E-state index contributed by atoms with van der Waals surface area (Å²) in [7, 11) is 0. The van der Waals surface area contributed by atoms with Gasteiger partial charge in [0.2, 0.25) is 17.7 Å². The fraction of sp³-hybridized carbons (Fsp3) is 0.531. The molecule has 216 valence electrons. The molecule has 8 heteroatoms. The third-order valence-corrected chi connectivity index (χ3v) is 7.45. The summed E-state index contributed by atoms with van der Waals surface area (Å²) in [5, 5.41) is 8.24. The predicted octanol–water partition coefficient (Wildman–Crippen LogP) is 4.23. The Morgan fingerprint density at radius 1 is 0.950 bits per heavy atom. The monoisotopic (exact) mass is 548 g/mol. The van der Waals surface area contributed by atoms with Gasteiger partial charge in [0.25, 0.3) is 0 Å². The van der Waals surface area contributed by atoms with Crippen molar-refractivity contribution < 1.29 is 19.2 Å². The number of nitrogens with one attached hydrogen (secondary N) is 3. The molecule has 0 saturated heterocycles. The lowest BCUT2D eigenvalue weighted by Crippen LogP contribution is -2.50. The second-order valence-electron chi connectivity index (χ2n) is 11.3. The average Bonchev–Trinajstić information content (AvgIpc) is 2.95. The van der Waals surface area contributed by atoms with Crippen molar-refractivity contribution in [1.29, 1.82) is 0 Å². The van der Waals surface area contributed by atoms with E-state index in [1.807, 2.05) is 56.3 Å². The van der Waals surface area contributed by atoms with Crippen LogP contribution in [0.2, 0.25) is 0 Å². The van der Waals surface area contributed by atoms with Crippen LogP contribution >= 0.6 is 0 Å². The molecule has 3 N–H and O–H groups in total. The van der Waals surface area contributed by atoms with Gasteiger partial charge in [0.1, 0.15) is 6.04 Å². The summed E-state index contributed by atoms with van der Waals surface area (Å²) in [4.78, 5) is 55.0. The summed E-state index contributed by atoms with van der Waals surface area (Å²) in [6.07, 6.45) is 8.55. The van der Waals surface area contributed by atoms with E-state index >= 15 is 0 Å². The molecular formula is C32H44N4O4. The molecule has 2 aromatic rings. The molecular weight excluding hydrogens is 504 g/mol. The van der Waals surface area contributed by atoms with E-state index < -0.39 is 6.04 Å². The third kappa shape index (κ3) is 10.2. The summed E-state index contributed by atoms with van der Waals surface area (Å²) >= 11 is 0. The van der Waals surface area contributed by atoms with Crippen molar-refractivity contribution in [1.82, 2.24) is 20.9 Å². The van der Waals surface area contributed by atoms with E-state index in [2.05, 4.69) is 27.9 Å². The summed E-state index contributed by atoms with van der Waals surface area (Å²) < 4.78 is 0. The predicted molar refractivity (Wildman–Crippen MR) is 156 cm³/mol. The molecule has 1 atom stereocenters. The Hall–Kier alpha value is -3.55. The molecule has 1 aromatic carbocycles. The lowest BCUT2D eigenvalue weighted by Gasteiger charge is -2.29. The van der Waals surface area contributed by atoms with Gasteiger partial charge in [-0.15, -0.1) is 0 Å². The lowest BCUT2D eigenvalue weighted by molar-refractivity contribution is -0.132. The topological polar surface area (TPSA) is 117 Å². The highest BCUT2D eigenvalue weighted by molar-refractivity contribution is 5.93. The Kier molecular flexibility index (Phi) is 12.3. The van der Waals surface area contributed by atoms with Gasteiger partial charge in [-0.05, 0) is 67.7 Å². The first-order chi connectivity index (χ1) is 19.2. The van der Waals surface area contributed by atoms with Gasteiger partial charge in [-0.3, -0.25) is 24.2 Å². The van der Waals surface area contributed by atoms with Crippen molar-refractivity contribution >= 4 is 23.5 Å². The number of carbonyl (C=O) groups excluding carboxylic acids is 4. The van der Waals surface area contributed by atoms with Gasteiger partial charge in [-0.1, -0.05) is 57.9 Å². The van der Waals surface area contributed by atoms with E-state index in [1.54, 1.807) is 6.20 Å². The van der Waals surface area contributed by atoms with Crippen molar-refractivity contribution in [2.45, 2.75) is 78.2 Å². The van der Waals surface area contributed by atoms with Crippen LogP contribution in [0, 0.1) is 17.8 Å². The first-order valence-electron chi connectivity index (χ1n) is 14.6. The Bertz CT molecular complexity index is 1130. The first kappa shape index (κ1) is 31.0. The number of aromatic nitrogens is 1. The lowest BCUT2D eigenvalue weighted by atomic mass is 9.79. The minimum absolute atomic E-state index is 0.0583. The maximum absolute atomic E-state index is 12.9. The fourth-order valence-corrected chi connectivity index (χ4v) is 5.30. The molecule has 3 amide bonds. The number of carbonyl (C=O) groups is 4. The summed E-state index contributed by atoms with van der Waals surface area (Å²) in [6, 6.07) is 12.5. The van der Waals surface area contributed by atoms with Crippen LogP contribution < -0.4 is 16.0 Å². The second-order valence-corrected chi connectivity index (χ2v) is 11.3. The van der Waals surface area contributed by atoms with E-state index in [-0.39, 0.29) is 54.9 Å². The minimum Gasteiger partial charge on any atom is -0.349 e. The number of pyridine rings is 1. The van der Waals surface area contributed by atoms with Crippen LogP contribution in [-0.2, 0) is 25.6 Å². The number of ketones is 1. The van der Waals surface area contributed by atoms with E-state index in [0.29, 0.717) is 12.3 Å². The molecule has 1 aliphatic carbocycles. The molecule has 8 nitrogen and oxygen atoms in total. The van der Waals surface area contributed by atoms with Gasteiger partial charge in [0.15, 0.2) is 5.78 Å². The van der Waals surface area contributed by atoms with Gasteiger partial charge in [0.05, 0.1) is 25.2 Å². The minimum atomic E-state index is -0.686. The summed E-state index contributed by atoms with van der Waals surface area (Å²) in [5.41, 5.74) is 2.55. The smallest absolute Gasteiger partial charge is 0.242 e. The van der Waals surface area contributed by atoms with E-state index in [0.717, 1.165) is 42.5 Å². The zero-order chi connectivity index (χ0) is 28.9. The Morgan fingerprint density at radius 3 is 2.38 bits per heavy atom. The van der Waals surface area contributed by atoms with Crippen molar-refractivity contribution in [3.8, 4) is 11.3 Å². The SMILES string of the molecule is CCCC1CCC(C(=O)N[C@@H](CC(C)C)C(=O)NCC(=O)CNC(=O)Cc2cccc(-c3ccccn3)c2)CC1. The number of rotatable bonds is 14. The second kappa shape index (κ2) is 15.9. The number of amides is 3. The molecule has 0 bridgehead atoms. The number of hydrogen-bond donors (Lipinski definition) is 3. The maximum atomic E-state index is 12.9. The Labute approximate surface area is 238 Å². The van der Waals surface area contributed by atoms with Crippen molar-refractivity contribution in [2.24, 2.45) is 17.8 Å². The Morgan fingerprint density at radius 2 is 1.70 bits per heavy atom. The van der Waals surface area contributed by atoms with E-state index in [1.165, 1.54) is 12.8 Å². The molecule has 0 aliphatic heterocycles. The first-order valence-corrected chi connectivity index (χ1v) is 14.6. The molecule has 1 fully saturated rings. The largest absolute Gasteiger partial charge is 0.349 e. The molecule has 0 unspecified atom stereocenters. The number of nitrogens with zero attached hydrogens (tertiary/aromatic N) is 1. The van der Waals surface area contributed by atoms with Crippen LogP contribution in [0.3, 0.4) is 0 Å². The highest BCUT2D eigenvalue weighted by atomic mass is 16.2. The zero-order valence-corrected chi connectivity index (χ0v) is 24.1. The van der Waals surface area contributed by atoms with E-state index in [9.17, 15) is 19.2 Å². The van der Waals surface area contributed by atoms with Gasteiger partial charge in [0, 0.05) is 17.7 Å². The molecule has 1 heterocycles. The molecule has 1 saturated carbocycles. The van der Waals surface area contributed by atoms with Gasteiger partial charge in [-0.2, -0.15) is 0 Å². The van der Waals surface area contributed by atoms with Crippen LogP contribution in [0.25, 0.3) is 11.3 Å².